The van der Waals surface area contributed by atoms with E-state index in [4.69, 9.17) is 11.6 Å². The predicted molar refractivity (Wildman–Crippen MR) is 92.0 cm³/mol. The van der Waals surface area contributed by atoms with Gasteiger partial charge in [0.2, 0.25) is 6.54 Å². The highest BCUT2D eigenvalue weighted by Crippen LogP contribution is 2.20. The fourth-order valence-electron chi connectivity index (χ4n) is 2.56. The van der Waals surface area contributed by atoms with E-state index in [0.29, 0.717) is 10.6 Å². The van der Waals surface area contributed by atoms with Crippen LogP contribution in [0.15, 0.2) is 60.9 Å². The summed E-state index contributed by atoms with van der Waals surface area (Å²) in [7, 11) is 1.65. The van der Waals surface area contributed by atoms with Crippen LogP contribution in [-0.4, -0.2) is 17.9 Å². The number of amides is 1. The van der Waals surface area contributed by atoms with Gasteiger partial charge in [-0.05, 0) is 23.6 Å². The molecule has 0 atom stereocenters. The molecule has 0 N–H and O–H groups in total. The van der Waals surface area contributed by atoms with Crippen LogP contribution in [0.4, 0.5) is 4.39 Å². The molecule has 2 aromatic carbocycles. The first-order chi connectivity index (χ1) is 11.5. The number of fused-ring (bicyclic) bond motifs is 1. The van der Waals surface area contributed by atoms with Crippen LogP contribution in [-0.2, 0) is 17.9 Å². The van der Waals surface area contributed by atoms with Gasteiger partial charge in [0.05, 0.1) is 0 Å². The van der Waals surface area contributed by atoms with Gasteiger partial charge in [-0.3, -0.25) is 4.79 Å². The monoisotopic (exact) mass is 343 g/mol. The topological polar surface area (TPSA) is 24.2 Å². The Hall–Kier alpha value is -2.46. The third kappa shape index (κ3) is 3.54. The molecule has 0 aliphatic heterocycles. The van der Waals surface area contributed by atoms with Crippen LogP contribution in [0.1, 0.15) is 5.56 Å². The Morgan fingerprint density at radius 2 is 1.88 bits per heavy atom. The molecule has 0 spiro atoms. The molecular weight excluding hydrogens is 327 g/mol. The van der Waals surface area contributed by atoms with Crippen molar-refractivity contribution in [2.45, 2.75) is 13.1 Å². The van der Waals surface area contributed by atoms with Crippen molar-refractivity contribution in [1.29, 1.82) is 0 Å². The fourth-order valence-corrected chi connectivity index (χ4v) is 2.78. The molecule has 24 heavy (non-hydrogen) atoms. The lowest BCUT2D eigenvalue weighted by Gasteiger charge is -2.17. The van der Waals surface area contributed by atoms with E-state index in [-0.39, 0.29) is 19.0 Å². The molecule has 0 saturated heterocycles. The number of nitrogens with zero attached hydrogens (tertiary/aromatic N) is 2. The van der Waals surface area contributed by atoms with E-state index >= 15 is 0 Å². The van der Waals surface area contributed by atoms with E-state index in [2.05, 4.69) is 0 Å². The number of rotatable bonds is 4. The number of aromatic nitrogens is 1. The molecule has 3 aromatic rings. The molecule has 0 fully saturated rings. The quantitative estimate of drug-likeness (QED) is 0.664. The number of carbonyl (C=O) groups is 1. The van der Waals surface area contributed by atoms with Crippen molar-refractivity contribution >= 4 is 28.3 Å². The summed E-state index contributed by atoms with van der Waals surface area (Å²) < 4.78 is 15.7. The summed E-state index contributed by atoms with van der Waals surface area (Å²) in [5.74, 6) is -0.518. The van der Waals surface area contributed by atoms with Gasteiger partial charge in [-0.25, -0.2) is 4.39 Å². The number of hydrogen-bond donors (Lipinski definition) is 0. The Balaban J connectivity index is 1.73. The van der Waals surface area contributed by atoms with E-state index in [1.165, 1.54) is 11.0 Å². The van der Waals surface area contributed by atoms with Crippen LogP contribution >= 0.6 is 11.6 Å². The Bertz CT molecular complexity index is 877. The first kappa shape index (κ1) is 16.4. The second-order valence-corrected chi connectivity index (χ2v) is 6.10. The van der Waals surface area contributed by atoms with Gasteiger partial charge in [0.1, 0.15) is 5.82 Å². The lowest BCUT2D eigenvalue weighted by atomic mass is 10.2. The lowest BCUT2D eigenvalue weighted by Crippen LogP contribution is -2.43. The van der Waals surface area contributed by atoms with Crippen LogP contribution in [0.3, 0.4) is 0 Å². The van der Waals surface area contributed by atoms with E-state index < -0.39 is 5.82 Å². The van der Waals surface area contributed by atoms with Crippen LogP contribution in [0.25, 0.3) is 10.8 Å². The van der Waals surface area contributed by atoms with Gasteiger partial charge in [-0.2, -0.15) is 4.57 Å². The second-order valence-electron chi connectivity index (χ2n) is 5.70. The first-order valence-corrected chi connectivity index (χ1v) is 7.97. The normalized spacial score (nSPS) is 10.8. The maximum Gasteiger partial charge on any atom is 0.288 e. The highest BCUT2D eigenvalue weighted by molar-refractivity contribution is 6.31. The molecule has 0 aliphatic rings. The van der Waals surface area contributed by atoms with Crippen molar-refractivity contribution in [2.24, 2.45) is 0 Å². The lowest BCUT2D eigenvalue weighted by molar-refractivity contribution is -0.683. The zero-order valence-electron chi connectivity index (χ0n) is 13.2. The summed E-state index contributed by atoms with van der Waals surface area (Å²) in [5.41, 5.74) is 0.332. The molecule has 1 heterocycles. The van der Waals surface area contributed by atoms with Crippen molar-refractivity contribution in [3.63, 3.8) is 0 Å². The minimum atomic E-state index is -0.402. The third-order valence-electron chi connectivity index (χ3n) is 3.95. The van der Waals surface area contributed by atoms with Gasteiger partial charge < -0.3 is 4.90 Å². The number of pyridine rings is 1. The van der Waals surface area contributed by atoms with Gasteiger partial charge in [-0.15, -0.1) is 0 Å². The first-order valence-electron chi connectivity index (χ1n) is 7.59. The molecular formula is C19H17ClFN2O+. The Labute approximate surface area is 144 Å². The van der Waals surface area contributed by atoms with Gasteiger partial charge in [0.15, 0.2) is 12.4 Å². The predicted octanol–water partition coefficient (Wildman–Crippen LogP) is 3.58. The molecule has 0 radical (unpaired) electrons. The smallest absolute Gasteiger partial charge is 0.288 e. The van der Waals surface area contributed by atoms with Gasteiger partial charge >= 0.3 is 0 Å². The molecule has 0 bridgehead atoms. The Morgan fingerprint density at radius 1 is 1.12 bits per heavy atom. The minimum absolute atomic E-state index is 0.116. The Morgan fingerprint density at radius 3 is 2.62 bits per heavy atom. The molecule has 3 nitrogen and oxygen atoms in total. The minimum Gasteiger partial charge on any atom is -0.336 e. The molecule has 0 aliphatic carbocycles. The van der Waals surface area contributed by atoms with E-state index in [9.17, 15) is 9.18 Å². The largest absolute Gasteiger partial charge is 0.336 e. The average molecular weight is 344 g/mol. The van der Waals surface area contributed by atoms with Crippen molar-refractivity contribution in [3.05, 3.63) is 77.3 Å². The molecule has 1 aromatic heterocycles. The maximum atomic E-state index is 13.8. The van der Waals surface area contributed by atoms with Crippen molar-refractivity contribution in [2.75, 3.05) is 7.05 Å². The number of likely N-dealkylation sites (N-methyl/N-ethyl adjacent to an activating group) is 1. The van der Waals surface area contributed by atoms with Gasteiger partial charge in [0, 0.05) is 35.6 Å². The fraction of sp³-hybridized carbons (Fsp3) is 0.158. The summed E-state index contributed by atoms with van der Waals surface area (Å²) in [5, 5.41) is 2.51. The zero-order chi connectivity index (χ0) is 17.1. The third-order valence-corrected chi connectivity index (χ3v) is 4.30. The molecule has 0 saturated carbocycles. The maximum absolute atomic E-state index is 13.8. The highest BCUT2D eigenvalue weighted by Gasteiger charge is 2.18. The van der Waals surface area contributed by atoms with Crippen LogP contribution in [0.2, 0.25) is 5.02 Å². The molecule has 5 heteroatoms. The molecule has 1 amide bonds. The van der Waals surface area contributed by atoms with Crippen molar-refractivity contribution in [1.82, 2.24) is 4.90 Å². The Kier molecular flexibility index (Phi) is 4.76. The summed E-state index contributed by atoms with van der Waals surface area (Å²) in [6, 6.07) is 14.4. The number of carbonyl (C=O) groups excluding carboxylic acids is 1. The average Bonchev–Trinajstić information content (AvgIpc) is 2.58. The summed E-state index contributed by atoms with van der Waals surface area (Å²) in [6.07, 6.45) is 3.79. The van der Waals surface area contributed by atoms with Gasteiger partial charge in [0.25, 0.3) is 5.91 Å². The van der Waals surface area contributed by atoms with Crippen molar-refractivity contribution in [3.8, 4) is 0 Å². The molecule has 122 valence electrons. The number of hydrogen-bond acceptors (Lipinski definition) is 1. The highest BCUT2D eigenvalue weighted by atomic mass is 35.5. The zero-order valence-corrected chi connectivity index (χ0v) is 14.0. The second kappa shape index (κ2) is 6.97. The van der Waals surface area contributed by atoms with Crippen LogP contribution < -0.4 is 4.57 Å². The number of benzene rings is 2. The molecule has 0 unspecified atom stereocenters. The van der Waals surface area contributed by atoms with E-state index in [0.717, 1.165) is 10.8 Å². The molecule has 3 rings (SSSR count). The van der Waals surface area contributed by atoms with Crippen molar-refractivity contribution < 1.29 is 13.8 Å². The van der Waals surface area contributed by atoms with E-state index in [1.54, 1.807) is 19.2 Å². The van der Waals surface area contributed by atoms with Gasteiger partial charge in [-0.1, -0.05) is 35.9 Å². The van der Waals surface area contributed by atoms with Crippen LogP contribution in [0, 0.1) is 5.82 Å². The SMILES string of the molecule is CN(Cc1c(F)cccc1Cl)C(=O)C[n+]1ccc2ccccc2c1. The van der Waals surface area contributed by atoms with Crippen LogP contribution in [0.5, 0.6) is 0 Å². The summed E-state index contributed by atoms with van der Waals surface area (Å²) in [6.45, 7) is 0.325. The summed E-state index contributed by atoms with van der Waals surface area (Å²) in [4.78, 5) is 13.9. The standard InChI is InChI=1S/C19H17ClFN2O/c1-22(12-16-17(20)7-4-8-18(16)21)19(24)13-23-10-9-14-5-2-3-6-15(14)11-23/h2-11H,12-13H2,1H3/q+1. The van der Waals surface area contributed by atoms with E-state index in [1.807, 2.05) is 47.3 Å². The summed E-state index contributed by atoms with van der Waals surface area (Å²) >= 11 is 6.02. The number of halogens is 2.